The number of rotatable bonds is 10. The van der Waals surface area contributed by atoms with Crippen molar-refractivity contribution < 1.29 is 14.4 Å². The number of nitrogens with one attached hydrogen (secondary N) is 3. The van der Waals surface area contributed by atoms with Gasteiger partial charge in [-0.1, -0.05) is 41.6 Å². The minimum atomic E-state index is -0.184. The Morgan fingerprint density at radius 3 is 2.48 bits per heavy atom. The van der Waals surface area contributed by atoms with Gasteiger partial charge in [0.1, 0.15) is 0 Å². The molecule has 172 valence electrons. The van der Waals surface area contributed by atoms with Gasteiger partial charge in [0.25, 0.3) is 0 Å². The lowest BCUT2D eigenvalue weighted by atomic mass is 10.1. The predicted octanol–water partition coefficient (Wildman–Crippen LogP) is 4.39. The van der Waals surface area contributed by atoms with Crippen LogP contribution >= 0.6 is 34.7 Å². The van der Waals surface area contributed by atoms with Crippen LogP contribution in [0.5, 0.6) is 0 Å². The van der Waals surface area contributed by atoms with E-state index in [2.05, 4.69) is 20.9 Å². The van der Waals surface area contributed by atoms with Crippen LogP contribution in [-0.4, -0.2) is 35.0 Å². The van der Waals surface area contributed by atoms with Gasteiger partial charge in [0, 0.05) is 35.2 Å². The average molecular weight is 503 g/mol. The third-order valence-electron chi connectivity index (χ3n) is 4.31. The highest BCUT2D eigenvalue weighted by molar-refractivity contribution is 8.01. The van der Waals surface area contributed by atoms with Crippen LogP contribution in [0, 0.1) is 0 Å². The molecule has 0 fully saturated rings. The van der Waals surface area contributed by atoms with Crippen LogP contribution in [-0.2, 0) is 27.2 Å². The molecule has 1 aromatic heterocycles. The molecule has 3 rings (SSSR count). The molecule has 7 nitrogen and oxygen atoms in total. The highest BCUT2D eigenvalue weighted by Gasteiger charge is 2.10. The summed E-state index contributed by atoms with van der Waals surface area (Å²) in [6.45, 7) is 1.96. The number of carbonyl (C=O) groups is 3. The third-order valence-corrected chi connectivity index (χ3v) is 6.64. The zero-order valence-electron chi connectivity index (χ0n) is 17.9. The molecule has 0 atom stereocenters. The van der Waals surface area contributed by atoms with Gasteiger partial charge >= 0.3 is 0 Å². The van der Waals surface area contributed by atoms with Gasteiger partial charge in [-0.2, -0.15) is 0 Å². The van der Waals surface area contributed by atoms with Crippen LogP contribution in [0.2, 0.25) is 5.02 Å². The quantitative estimate of drug-likeness (QED) is 0.357. The van der Waals surface area contributed by atoms with Gasteiger partial charge in [0.2, 0.25) is 17.7 Å². The van der Waals surface area contributed by atoms with E-state index in [-0.39, 0.29) is 29.9 Å². The lowest BCUT2D eigenvalue weighted by molar-refractivity contribution is -0.120. The van der Waals surface area contributed by atoms with Crippen LogP contribution in [0.4, 0.5) is 11.4 Å². The van der Waals surface area contributed by atoms with Crippen LogP contribution in [0.25, 0.3) is 0 Å². The van der Waals surface area contributed by atoms with Crippen molar-refractivity contribution in [3.63, 3.8) is 0 Å². The van der Waals surface area contributed by atoms with Gasteiger partial charge in [-0.25, -0.2) is 4.98 Å². The number of thiazole rings is 1. The first kappa shape index (κ1) is 24.8. The number of thioether (sulfide) groups is 1. The maximum atomic E-state index is 12.2. The van der Waals surface area contributed by atoms with E-state index in [4.69, 9.17) is 11.6 Å². The molecule has 0 radical (unpaired) electrons. The fourth-order valence-electron chi connectivity index (χ4n) is 2.86. The number of amides is 3. The topological polar surface area (TPSA) is 100 Å². The summed E-state index contributed by atoms with van der Waals surface area (Å²) in [5.41, 5.74) is 2.99. The number of hydrogen-bond donors (Lipinski definition) is 3. The maximum absolute atomic E-state index is 12.2. The maximum Gasteiger partial charge on any atom is 0.234 e. The smallest absolute Gasteiger partial charge is 0.234 e. The van der Waals surface area contributed by atoms with Crippen molar-refractivity contribution in [3.05, 3.63) is 70.2 Å². The number of nitrogens with zero attached hydrogens (tertiary/aromatic N) is 1. The van der Waals surface area contributed by atoms with Crippen LogP contribution in [0.15, 0.2) is 58.3 Å². The molecule has 0 saturated carbocycles. The number of halogens is 1. The van der Waals surface area contributed by atoms with Crippen molar-refractivity contribution in [2.45, 2.75) is 24.1 Å². The summed E-state index contributed by atoms with van der Waals surface area (Å²) in [4.78, 5) is 40.0. The van der Waals surface area contributed by atoms with Gasteiger partial charge in [-0.3, -0.25) is 14.4 Å². The molecule has 10 heteroatoms. The van der Waals surface area contributed by atoms with Gasteiger partial charge in [0.05, 0.1) is 17.9 Å². The summed E-state index contributed by atoms with van der Waals surface area (Å²) < 4.78 is 0.723. The van der Waals surface area contributed by atoms with Crippen molar-refractivity contribution in [2.24, 2.45) is 0 Å². The summed E-state index contributed by atoms with van der Waals surface area (Å²) in [5.74, 6) is -0.270. The monoisotopic (exact) mass is 502 g/mol. The van der Waals surface area contributed by atoms with E-state index in [1.807, 2.05) is 29.6 Å². The molecule has 0 unspecified atom stereocenters. The van der Waals surface area contributed by atoms with Crippen LogP contribution < -0.4 is 16.0 Å². The lowest BCUT2D eigenvalue weighted by Crippen LogP contribution is -2.27. The molecule has 3 amide bonds. The van der Waals surface area contributed by atoms with Gasteiger partial charge in [-0.05, 0) is 42.3 Å². The molecular weight excluding hydrogens is 480 g/mol. The first-order valence-corrected chi connectivity index (χ1v) is 12.4. The standard InChI is InChI=1S/C23H23ClN4O3S2/c1-15(29)26-18-3-2-4-19(11-18)27-22(31)14-33-23-28-20(13-32-23)12-21(30)25-10-9-16-5-7-17(24)8-6-16/h2-8,11,13H,9-10,12,14H2,1H3,(H,25,30)(H,26,29)(H,27,31). The Hall–Kier alpha value is -2.88. The highest BCUT2D eigenvalue weighted by atomic mass is 35.5. The van der Waals surface area contributed by atoms with E-state index in [1.165, 1.54) is 30.0 Å². The minimum Gasteiger partial charge on any atom is -0.355 e. The largest absolute Gasteiger partial charge is 0.355 e. The Morgan fingerprint density at radius 1 is 1.03 bits per heavy atom. The molecule has 1 heterocycles. The molecule has 3 N–H and O–H groups in total. The Bertz CT molecular complexity index is 1120. The first-order chi connectivity index (χ1) is 15.9. The molecule has 0 saturated heterocycles. The van der Waals surface area contributed by atoms with Crippen molar-refractivity contribution in [3.8, 4) is 0 Å². The summed E-state index contributed by atoms with van der Waals surface area (Å²) in [7, 11) is 0. The average Bonchev–Trinajstić information content (AvgIpc) is 3.21. The number of carbonyl (C=O) groups excluding carboxylic acids is 3. The van der Waals surface area contributed by atoms with E-state index in [0.717, 1.165) is 16.3 Å². The van der Waals surface area contributed by atoms with Crippen LogP contribution in [0.1, 0.15) is 18.2 Å². The summed E-state index contributed by atoms with van der Waals surface area (Å²) in [5, 5.41) is 10.9. The molecule has 3 aromatic rings. The number of hydrogen-bond acceptors (Lipinski definition) is 6. The minimum absolute atomic E-state index is 0.0948. The molecule has 0 aliphatic carbocycles. The van der Waals surface area contributed by atoms with Gasteiger partial charge in [-0.15, -0.1) is 11.3 Å². The van der Waals surface area contributed by atoms with Crippen molar-refractivity contribution in [1.82, 2.24) is 10.3 Å². The van der Waals surface area contributed by atoms with E-state index in [1.54, 1.807) is 24.3 Å². The molecule has 2 aromatic carbocycles. The summed E-state index contributed by atoms with van der Waals surface area (Å²) >= 11 is 8.59. The normalized spacial score (nSPS) is 10.5. The zero-order chi connectivity index (χ0) is 23.6. The van der Waals surface area contributed by atoms with Crippen molar-refractivity contribution in [1.29, 1.82) is 0 Å². The number of aromatic nitrogens is 1. The molecular formula is C23H23ClN4O3S2. The van der Waals surface area contributed by atoms with Gasteiger partial charge in [0.15, 0.2) is 4.34 Å². The van der Waals surface area contributed by atoms with E-state index < -0.39 is 0 Å². The Balaban J connectivity index is 1.39. The fourth-order valence-corrected chi connectivity index (χ4v) is 4.63. The zero-order valence-corrected chi connectivity index (χ0v) is 20.3. The van der Waals surface area contributed by atoms with E-state index in [9.17, 15) is 14.4 Å². The highest BCUT2D eigenvalue weighted by Crippen LogP contribution is 2.23. The Labute approximate surface area is 205 Å². The molecule has 0 aliphatic rings. The first-order valence-electron chi connectivity index (χ1n) is 10.1. The summed E-state index contributed by atoms with van der Waals surface area (Å²) in [6, 6.07) is 14.5. The SMILES string of the molecule is CC(=O)Nc1cccc(NC(=O)CSc2nc(CC(=O)NCCc3ccc(Cl)cc3)cs2)c1. The molecule has 33 heavy (non-hydrogen) atoms. The second-order valence-corrected chi connectivity index (χ2v) is 9.62. The van der Waals surface area contributed by atoms with Crippen molar-refractivity contribution >= 4 is 63.8 Å². The fraction of sp³-hybridized carbons (Fsp3) is 0.217. The molecule has 0 bridgehead atoms. The predicted molar refractivity (Wildman–Crippen MR) is 134 cm³/mol. The second kappa shape index (κ2) is 12.4. The van der Waals surface area contributed by atoms with E-state index in [0.29, 0.717) is 28.6 Å². The number of anilines is 2. The molecule has 0 spiro atoms. The van der Waals surface area contributed by atoms with Crippen LogP contribution in [0.3, 0.4) is 0 Å². The second-order valence-electron chi connectivity index (χ2n) is 7.11. The Morgan fingerprint density at radius 2 is 1.76 bits per heavy atom. The summed E-state index contributed by atoms with van der Waals surface area (Å²) in [6.07, 6.45) is 0.920. The Kier molecular flexibility index (Phi) is 9.29. The molecule has 0 aliphatic heterocycles. The lowest BCUT2D eigenvalue weighted by Gasteiger charge is -2.07. The van der Waals surface area contributed by atoms with Gasteiger partial charge < -0.3 is 16.0 Å². The van der Waals surface area contributed by atoms with Crippen molar-refractivity contribution in [2.75, 3.05) is 22.9 Å². The number of benzene rings is 2. The third kappa shape index (κ3) is 8.88. The van der Waals surface area contributed by atoms with E-state index >= 15 is 0 Å².